The van der Waals surface area contributed by atoms with E-state index < -0.39 is 21.5 Å². The van der Waals surface area contributed by atoms with Gasteiger partial charge in [-0.25, -0.2) is 8.42 Å². The second kappa shape index (κ2) is 4.95. The summed E-state index contributed by atoms with van der Waals surface area (Å²) in [7, 11) is -3.66. The quantitative estimate of drug-likeness (QED) is 0.651. The zero-order chi connectivity index (χ0) is 14.0. The summed E-state index contributed by atoms with van der Waals surface area (Å²) in [6.45, 7) is 2.82. The fourth-order valence-electron chi connectivity index (χ4n) is 1.38. The van der Waals surface area contributed by atoms with Gasteiger partial charge in [0, 0.05) is 5.69 Å². The first-order chi connectivity index (χ1) is 8.12. The maximum Gasteiger partial charge on any atom is 0.238 e. The summed E-state index contributed by atoms with van der Waals surface area (Å²) >= 11 is 0. The van der Waals surface area contributed by atoms with E-state index in [-0.39, 0.29) is 5.75 Å². The molecule has 18 heavy (non-hydrogen) atoms. The third-order valence-electron chi connectivity index (χ3n) is 2.33. The smallest absolute Gasteiger partial charge is 0.238 e. The van der Waals surface area contributed by atoms with Crippen LogP contribution >= 0.6 is 0 Å². The molecule has 0 aliphatic heterocycles. The fraction of sp³-hybridized carbons (Fsp3) is 0.364. The topological polar surface area (TPSA) is 115 Å². The maximum atomic E-state index is 11.9. The Kier molecular flexibility index (Phi) is 3.98. The molecule has 0 unspecified atom stereocenters. The number of carbonyl (C=O) groups excluding carboxylic acids is 1. The van der Waals surface area contributed by atoms with Crippen LogP contribution in [0.15, 0.2) is 24.3 Å². The van der Waals surface area contributed by atoms with Gasteiger partial charge in [0.25, 0.3) is 0 Å². The van der Waals surface area contributed by atoms with Crippen LogP contribution in [-0.2, 0) is 20.6 Å². The molecular weight excluding hydrogens is 254 g/mol. The minimum absolute atomic E-state index is 0.255. The largest absolute Gasteiger partial charge is 0.399 e. The summed E-state index contributed by atoms with van der Waals surface area (Å²) < 4.78 is 26.0. The summed E-state index contributed by atoms with van der Waals surface area (Å²) in [4.78, 5) is 11.1. The summed E-state index contributed by atoms with van der Waals surface area (Å²) in [5.74, 6) is -0.993. The van der Waals surface area contributed by atoms with Gasteiger partial charge >= 0.3 is 0 Å². The minimum atomic E-state index is -3.66. The van der Waals surface area contributed by atoms with Crippen LogP contribution in [0, 0.1) is 0 Å². The second-order valence-corrected chi connectivity index (χ2v) is 6.32. The van der Waals surface area contributed by atoms with E-state index >= 15 is 0 Å². The van der Waals surface area contributed by atoms with E-state index in [1.807, 2.05) is 0 Å². The normalized spacial score (nSPS) is 12.3. The molecule has 1 rings (SSSR count). The van der Waals surface area contributed by atoms with Crippen LogP contribution in [0.5, 0.6) is 0 Å². The number of hydrogen-bond donors (Lipinski definition) is 3. The lowest BCUT2D eigenvalue weighted by molar-refractivity contribution is -0.122. The molecule has 1 aromatic carbocycles. The zero-order valence-corrected chi connectivity index (χ0v) is 11.1. The molecule has 6 nitrogen and oxygen atoms in total. The first-order valence-corrected chi connectivity index (χ1v) is 6.93. The van der Waals surface area contributed by atoms with Crippen LogP contribution in [0.25, 0.3) is 0 Å². The van der Waals surface area contributed by atoms with Crippen LogP contribution in [0.4, 0.5) is 5.69 Å². The van der Waals surface area contributed by atoms with Crippen molar-refractivity contribution in [1.82, 2.24) is 4.72 Å². The molecule has 0 saturated carbocycles. The fourth-order valence-corrected chi connectivity index (χ4v) is 2.95. The van der Waals surface area contributed by atoms with Crippen molar-refractivity contribution in [3.05, 3.63) is 29.8 Å². The van der Waals surface area contributed by atoms with Gasteiger partial charge in [-0.3, -0.25) is 4.79 Å². The minimum Gasteiger partial charge on any atom is -0.399 e. The number of benzene rings is 1. The monoisotopic (exact) mass is 271 g/mol. The molecule has 0 fully saturated rings. The van der Waals surface area contributed by atoms with E-state index in [0.717, 1.165) is 0 Å². The third-order valence-corrected chi connectivity index (χ3v) is 3.87. The number of primary amides is 1. The highest BCUT2D eigenvalue weighted by Crippen LogP contribution is 2.12. The summed E-state index contributed by atoms with van der Waals surface area (Å²) in [5.41, 5.74) is 10.4. The number of rotatable bonds is 5. The van der Waals surface area contributed by atoms with Crippen LogP contribution in [0.1, 0.15) is 19.4 Å². The molecule has 100 valence electrons. The first kappa shape index (κ1) is 14.5. The Balaban J connectivity index is 2.87. The lowest BCUT2D eigenvalue weighted by Crippen LogP contribution is -2.53. The van der Waals surface area contributed by atoms with Gasteiger partial charge in [-0.2, -0.15) is 4.72 Å². The van der Waals surface area contributed by atoms with Crippen LogP contribution in [-0.4, -0.2) is 19.9 Å². The molecule has 0 aliphatic rings. The van der Waals surface area contributed by atoms with Crippen molar-refractivity contribution >= 4 is 21.6 Å². The summed E-state index contributed by atoms with van der Waals surface area (Å²) in [6.07, 6.45) is 0. The van der Waals surface area contributed by atoms with Gasteiger partial charge in [0.2, 0.25) is 15.9 Å². The van der Waals surface area contributed by atoms with Crippen molar-refractivity contribution in [3.8, 4) is 0 Å². The molecule has 1 aromatic rings. The number of anilines is 1. The van der Waals surface area contributed by atoms with E-state index in [4.69, 9.17) is 11.5 Å². The van der Waals surface area contributed by atoms with E-state index in [1.54, 1.807) is 24.3 Å². The molecule has 0 heterocycles. The molecule has 0 aliphatic carbocycles. The lowest BCUT2D eigenvalue weighted by Gasteiger charge is -2.22. The molecule has 1 amide bonds. The Bertz CT molecular complexity index is 552. The van der Waals surface area contributed by atoms with Gasteiger partial charge in [-0.1, -0.05) is 12.1 Å². The maximum absolute atomic E-state index is 11.9. The average molecular weight is 271 g/mol. The van der Waals surface area contributed by atoms with Gasteiger partial charge in [0.05, 0.1) is 5.75 Å². The number of nitrogen functional groups attached to an aromatic ring is 1. The van der Waals surface area contributed by atoms with Gasteiger partial charge in [0.15, 0.2) is 0 Å². The number of nitrogens with one attached hydrogen (secondary N) is 1. The molecule has 0 radical (unpaired) electrons. The number of hydrogen-bond acceptors (Lipinski definition) is 4. The predicted octanol–water partition coefficient (Wildman–Crippen LogP) is -0.0479. The Morgan fingerprint density at radius 2 is 2.00 bits per heavy atom. The molecule has 0 saturated heterocycles. The highest BCUT2D eigenvalue weighted by Gasteiger charge is 2.30. The van der Waals surface area contributed by atoms with Gasteiger partial charge in [0.1, 0.15) is 5.54 Å². The van der Waals surface area contributed by atoms with E-state index in [9.17, 15) is 13.2 Å². The molecule has 0 atom stereocenters. The Labute approximate surface area is 106 Å². The predicted molar refractivity (Wildman–Crippen MR) is 69.9 cm³/mol. The van der Waals surface area contributed by atoms with E-state index in [0.29, 0.717) is 11.3 Å². The van der Waals surface area contributed by atoms with Crippen molar-refractivity contribution in [2.45, 2.75) is 25.1 Å². The lowest BCUT2D eigenvalue weighted by atomic mass is 10.1. The van der Waals surface area contributed by atoms with E-state index in [1.165, 1.54) is 13.8 Å². The van der Waals surface area contributed by atoms with Crippen LogP contribution in [0.3, 0.4) is 0 Å². The van der Waals surface area contributed by atoms with Crippen molar-refractivity contribution in [2.75, 3.05) is 5.73 Å². The average Bonchev–Trinajstić information content (AvgIpc) is 2.14. The molecule has 5 N–H and O–H groups in total. The number of amides is 1. The Hall–Kier alpha value is -1.60. The Morgan fingerprint density at radius 1 is 1.39 bits per heavy atom. The van der Waals surface area contributed by atoms with Crippen molar-refractivity contribution in [1.29, 1.82) is 0 Å². The van der Waals surface area contributed by atoms with Crippen LogP contribution in [0.2, 0.25) is 0 Å². The molecular formula is C11H17N3O3S. The highest BCUT2D eigenvalue weighted by atomic mass is 32.2. The molecule has 0 aromatic heterocycles. The Morgan fingerprint density at radius 3 is 2.50 bits per heavy atom. The van der Waals surface area contributed by atoms with Crippen molar-refractivity contribution < 1.29 is 13.2 Å². The first-order valence-electron chi connectivity index (χ1n) is 5.28. The third kappa shape index (κ3) is 4.01. The zero-order valence-electron chi connectivity index (χ0n) is 10.3. The van der Waals surface area contributed by atoms with E-state index in [2.05, 4.69) is 4.72 Å². The van der Waals surface area contributed by atoms with Crippen molar-refractivity contribution in [3.63, 3.8) is 0 Å². The number of nitrogens with two attached hydrogens (primary N) is 2. The van der Waals surface area contributed by atoms with Gasteiger partial charge in [-0.05, 0) is 31.5 Å². The van der Waals surface area contributed by atoms with Gasteiger partial charge in [-0.15, -0.1) is 0 Å². The highest BCUT2D eigenvalue weighted by molar-refractivity contribution is 7.88. The van der Waals surface area contributed by atoms with Crippen molar-refractivity contribution in [2.24, 2.45) is 5.73 Å². The van der Waals surface area contributed by atoms with Crippen LogP contribution < -0.4 is 16.2 Å². The molecule has 0 spiro atoms. The summed E-state index contributed by atoms with van der Waals surface area (Å²) in [5, 5.41) is 0. The summed E-state index contributed by atoms with van der Waals surface area (Å²) in [6, 6.07) is 6.54. The molecule has 7 heteroatoms. The number of carbonyl (C=O) groups is 1. The standard InChI is InChI=1S/C11H17N3O3S/c1-11(2,10(13)15)14-18(16,17)7-8-4-3-5-9(12)6-8/h3-6,14H,7,12H2,1-2H3,(H2,13,15). The van der Waals surface area contributed by atoms with Gasteiger partial charge < -0.3 is 11.5 Å². The molecule has 0 bridgehead atoms. The number of sulfonamides is 1. The second-order valence-electron chi connectivity index (χ2n) is 4.60. The SMILES string of the molecule is CC(C)(NS(=O)(=O)Cc1cccc(N)c1)C(N)=O.